The van der Waals surface area contributed by atoms with Gasteiger partial charge in [-0.3, -0.25) is 4.79 Å². The number of primary sulfonamides is 1. The number of sulfonamides is 1. The summed E-state index contributed by atoms with van der Waals surface area (Å²) in [6.45, 7) is 5.33. The molecule has 0 spiro atoms. The standard InChI is InChI=1S/C22H30N4O5S/c1-30-20-9-8-17(32(23,28)29)16-18(20)22(27)24-10-5-11-25-12-14-26(15-13-25)19-6-3-4-7-21(19)31-2/h3-4,6-9,16H,5,10-15H2,1-2H3,(H,24,27)(H2,23,28,29)/p+1. The lowest BCUT2D eigenvalue weighted by molar-refractivity contribution is -0.900. The molecule has 0 aromatic heterocycles. The predicted molar refractivity (Wildman–Crippen MR) is 122 cm³/mol. The Morgan fingerprint density at radius 2 is 1.78 bits per heavy atom. The molecule has 2 aromatic rings. The third kappa shape index (κ3) is 5.90. The van der Waals surface area contributed by atoms with E-state index in [1.807, 2.05) is 18.2 Å². The monoisotopic (exact) mass is 463 g/mol. The Kier molecular flexibility index (Phi) is 7.94. The van der Waals surface area contributed by atoms with Crippen LogP contribution < -0.4 is 29.7 Å². The third-order valence-electron chi connectivity index (χ3n) is 5.63. The van der Waals surface area contributed by atoms with Crippen molar-refractivity contribution in [1.29, 1.82) is 0 Å². The number of para-hydroxylation sites is 2. The number of piperazine rings is 1. The van der Waals surface area contributed by atoms with E-state index in [0.29, 0.717) is 12.3 Å². The number of nitrogens with zero attached hydrogens (tertiary/aromatic N) is 1. The number of carbonyl (C=O) groups excluding carboxylic acids is 1. The van der Waals surface area contributed by atoms with Gasteiger partial charge in [0.25, 0.3) is 5.91 Å². The van der Waals surface area contributed by atoms with Gasteiger partial charge in [-0.1, -0.05) is 12.1 Å². The second kappa shape index (κ2) is 10.7. The van der Waals surface area contributed by atoms with Gasteiger partial charge >= 0.3 is 0 Å². The zero-order chi connectivity index (χ0) is 23.1. The number of carbonyl (C=O) groups is 1. The van der Waals surface area contributed by atoms with Gasteiger partial charge in [0.2, 0.25) is 10.0 Å². The van der Waals surface area contributed by atoms with E-state index in [4.69, 9.17) is 14.6 Å². The van der Waals surface area contributed by atoms with Crippen molar-refractivity contribution < 1.29 is 27.6 Å². The van der Waals surface area contributed by atoms with Crippen LogP contribution in [0, 0.1) is 0 Å². The number of anilines is 1. The molecule has 1 fully saturated rings. The second-order valence-corrected chi connectivity index (χ2v) is 9.24. The third-order valence-corrected chi connectivity index (χ3v) is 6.54. The molecule has 32 heavy (non-hydrogen) atoms. The molecule has 1 amide bonds. The van der Waals surface area contributed by atoms with E-state index in [0.717, 1.165) is 50.6 Å². The largest absolute Gasteiger partial charge is 0.496 e. The summed E-state index contributed by atoms with van der Waals surface area (Å²) in [5, 5.41) is 8.02. The average molecular weight is 464 g/mol. The highest BCUT2D eigenvalue weighted by atomic mass is 32.2. The van der Waals surface area contributed by atoms with E-state index in [9.17, 15) is 13.2 Å². The van der Waals surface area contributed by atoms with Gasteiger partial charge in [-0.15, -0.1) is 0 Å². The molecule has 10 heteroatoms. The van der Waals surface area contributed by atoms with E-state index in [1.165, 1.54) is 30.2 Å². The van der Waals surface area contributed by atoms with Crippen LogP contribution in [0.4, 0.5) is 5.69 Å². The summed E-state index contributed by atoms with van der Waals surface area (Å²) in [5.74, 6) is 0.803. The average Bonchev–Trinajstić information content (AvgIpc) is 2.81. The zero-order valence-electron chi connectivity index (χ0n) is 18.5. The van der Waals surface area contributed by atoms with Gasteiger partial charge in [0.1, 0.15) is 11.5 Å². The van der Waals surface area contributed by atoms with Crippen molar-refractivity contribution in [2.75, 3.05) is 58.4 Å². The lowest BCUT2D eigenvalue weighted by Crippen LogP contribution is -3.15. The minimum Gasteiger partial charge on any atom is -0.496 e. The Labute approximate surface area is 189 Å². The molecule has 1 saturated heterocycles. The summed E-state index contributed by atoms with van der Waals surface area (Å²) in [4.78, 5) is 16.3. The fourth-order valence-electron chi connectivity index (χ4n) is 3.88. The van der Waals surface area contributed by atoms with Crippen molar-refractivity contribution >= 4 is 21.6 Å². The van der Waals surface area contributed by atoms with Gasteiger partial charge in [0.15, 0.2) is 0 Å². The van der Waals surface area contributed by atoms with Crippen LogP contribution in [-0.2, 0) is 10.0 Å². The Hall–Kier alpha value is -2.82. The number of rotatable bonds is 9. The first-order valence-corrected chi connectivity index (χ1v) is 12.1. The molecule has 174 valence electrons. The Bertz CT molecular complexity index is 1040. The first-order chi connectivity index (χ1) is 15.3. The lowest BCUT2D eigenvalue weighted by Gasteiger charge is -2.34. The van der Waals surface area contributed by atoms with Crippen molar-refractivity contribution in [2.45, 2.75) is 11.3 Å². The highest BCUT2D eigenvalue weighted by molar-refractivity contribution is 7.89. The smallest absolute Gasteiger partial charge is 0.255 e. The number of amides is 1. The van der Waals surface area contributed by atoms with Gasteiger partial charge in [-0.2, -0.15) is 0 Å². The number of benzene rings is 2. The highest BCUT2D eigenvalue weighted by Gasteiger charge is 2.22. The molecule has 1 heterocycles. The molecule has 2 aromatic carbocycles. The van der Waals surface area contributed by atoms with Gasteiger partial charge in [0.05, 0.1) is 63.1 Å². The minimum absolute atomic E-state index is 0.124. The molecule has 0 bridgehead atoms. The SMILES string of the molecule is COc1ccc(S(N)(=O)=O)cc1C(=O)NCCC[NH+]1CCN(c2ccccc2OC)CC1. The van der Waals surface area contributed by atoms with Crippen LogP contribution in [-0.4, -0.2) is 67.8 Å². The second-order valence-electron chi connectivity index (χ2n) is 7.68. The first-order valence-electron chi connectivity index (χ1n) is 10.5. The summed E-state index contributed by atoms with van der Waals surface area (Å²) in [6.07, 6.45) is 0.812. The molecule has 0 radical (unpaired) electrons. The number of quaternary nitrogens is 1. The normalized spacial score (nSPS) is 14.8. The maximum atomic E-state index is 12.6. The fourth-order valence-corrected chi connectivity index (χ4v) is 4.42. The van der Waals surface area contributed by atoms with Crippen LogP contribution in [0.2, 0.25) is 0 Å². The van der Waals surface area contributed by atoms with E-state index in [1.54, 1.807) is 7.11 Å². The minimum atomic E-state index is -3.90. The molecule has 0 atom stereocenters. The molecular weight excluding hydrogens is 432 g/mol. The van der Waals surface area contributed by atoms with E-state index < -0.39 is 10.0 Å². The Morgan fingerprint density at radius 1 is 1.09 bits per heavy atom. The van der Waals surface area contributed by atoms with Crippen molar-refractivity contribution in [3.63, 3.8) is 0 Å². The number of hydrogen-bond acceptors (Lipinski definition) is 6. The van der Waals surface area contributed by atoms with Gasteiger partial charge in [-0.25, -0.2) is 13.6 Å². The highest BCUT2D eigenvalue weighted by Crippen LogP contribution is 2.27. The summed E-state index contributed by atoms with van der Waals surface area (Å²) in [7, 11) is -0.786. The molecule has 3 rings (SSSR count). The van der Waals surface area contributed by atoms with Crippen molar-refractivity contribution in [3.8, 4) is 11.5 Å². The molecule has 0 saturated carbocycles. The van der Waals surface area contributed by atoms with Crippen molar-refractivity contribution in [2.24, 2.45) is 5.14 Å². The maximum absolute atomic E-state index is 12.6. The topological polar surface area (TPSA) is 115 Å². The van der Waals surface area contributed by atoms with Crippen molar-refractivity contribution in [1.82, 2.24) is 5.32 Å². The van der Waals surface area contributed by atoms with Crippen LogP contribution in [0.25, 0.3) is 0 Å². The predicted octanol–water partition coefficient (Wildman–Crippen LogP) is -0.124. The summed E-state index contributed by atoms with van der Waals surface area (Å²) < 4.78 is 33.8. The van der Waals surface area contributed by atoms with Crippen LogP contribution in [0.3, 0.4) is 0 Å². The van der Waals surface area contributed by atoms with Crippen molar-refractivity contribution in [3.05, 3.63) is 48.0 Å². The molecule has 0 unspecified atom stereocenters. The summed E-state index contributed by atoms with van der Waals surface area (Å²) >= 11 is 0. The maximum Gasteiger partial charge on any atom is 0.255 e. The molecule has 0 aliphatic carbocycles. The van der Waals surface area contributed by atoms with Gasteiger partial charge in [0, 0.05) is 13.0 Å². The number of methoxy groups -OCH3 is 2. The van der Waals surface area contributed by atoms with Crippen LogP contribution in [0.5, 0.6) is 11.5 Å². The van der Waals surface area contributed by atoms with Crippen LogP contribution >= 0.6 is 0 Å². The molecule has 1 aliphatic heterocycles. The first kappa shape index (κ1) is 23.8. The fraction of sp³-hybridized carbons (Fsp3) is 0.409. The molecule has 4 N–H and O–H groups in total. The van der Waals surface area contributed by atoms with Gasteiger partial charge < -0.3 is 24.6 Å². The van der Waals surface area contributed by atoms with Crippen LogP contribution in [0.15, 0.2) is 47.4 Å². The number of hydrogen-bond donors (Lipinski definition) is 3. The molecule has 9 nitrogen and oxygen atoms in total. The summed E-state index contributed by atoms with van der Waals surface area (Å²) in [6, 6.07) is 12.0. The van der Waals surface area contributed by atoms with E-state index in [-0.39, 0.29) is 16.4 Å². The molecular formula is C22H31N4O5S+. The number of ether oxygens (including phenoxy) is 2. The quantitative estimate of drug-likeness (QED) is 0.447. The Morgan fingerprint density at radius 3 is 2.44 bits per heavy atom. The van der Waals surface area contributed by atoms with E-state index >= 15 is 0 Å². The molecule has 1 aliphatic rings. The summed E-state index contributed by atoms with van der Waals surface area (Å²) in [5.41, 5.74) is 1.27. The van der Waals surface area contributed by atoms with Crippen LogP contribution in [0.1, 0.15) is 16.8 Å². The Balaban J connectivity index is 1.47. The zero-order valence-corrected chi connectivity index (χ0v) is 19.3. The lowest BCUT2D eigenvalue weighted by atomic mass is 10.2. The van der Waals surface area contributed by atoms with Gasteiger partial charge in [-0.05, 0) is 30.3 Å². The van der Waals surface area contributed by atoms with E-state index in [2.05, 4.69) is 16.3 Å². The number of nitrogens with one attached hydrogen (secondary N) is 2. The number of nitrogens with two attached hydrogens (primary N) is 1.